The van der Waals surface area contributed by atoms with E-state index in [0.29, 0.717) is 19.7 Å². The van der Waals surface area contributed by atoms with Crippen molar-refractivity contribution in [1.29, 1.82) is 0 Å². The molecule has 0 aromatic heterocycles. The van der Waals surface area contributed by atoms with E-state index in [4.69, 9.17) is 9.47 Å². The van der Waals surface area contributed by atoms with Gasteiger partial charge in [0, 0.05) is 25.8 Å². The Morgan fingerprint density at radius 2 is 1.96 bits per heavy atom. The molecule has 2 rings (SSSR count). The van der Waals surface area contributed by atoms with Gasteiger partial charge >= 0.3 is 0 Å². The normalized spacial score (nSPS) is 10.4. The number of carbonyl (C=O) groups is 1. The van der Waals surface area contributed by atoms with Gasteiger partial charge in [-0.1, -0.05) is 30.3 Å². The monoisotopic (exact) mass is 328 g/mol. The molecule has 0 aliphatic rings. The molecule has 0 aliphatic carbocycles. The number of benzene rings is 2. The molecule has 2 aromatic rings. The quantitative estimate of drug-likeness (QED) is 0.695. The summed E-state index contributed by atoms with van der Waals surface area (Å²) in [6.07, 6.45) is 0. The maximum atomic E-state index is 11.8. The summed E-state index contributed by atoms with van der Waals surface area (Å²) in [4.78, 5) is 11.8. The topological polar surface area (TPSA) is 59.6 Å². The highest BCUT2D eigenvalue weighted by Crippen LogP contribution is 2.25. The predicted octanol–water partition coefficient (Wildman–Crippen LogP) is 2.64. The average molecular weight is 328 g/mol. The molecule has 0 unspecified atom stereocenters. The number of carbonyl (C=O) groups excluding carboxylic acids is 1. The summed E-state index contributed by atoms with van der Waals surface area (Å²) in [5.41, 5.74) is 2.07. The first kappa shape index (κ1) is 18.0. The molecule has 5 nitrogen and oxygen atoms in total. The summed E-state index contributed by atoms with van der Waals surface area (Å²) in [7, 11) is 1.63. The van der Waals surface area contributed by atoms with Crippen LogP contribution < -0.4 is 15.4 Å². The second-order valence-corrected chi connectivity index (χ2v) is 5.47. The highest BCUT2D eigenvalue weighted by molar-refractivity contribution is 5.78. The Kier molecular flexibility index (Phi) is 7.26. The minimum Gasteiger partial charge on any atom is -0.457 e. The van der Waals surface area contributed by atoms with Crippen molar-refractivity contribution in [2.24, 2.45) is 0 Å². The Morgan fingerprint density at radius 1 is 1.12 bits per heavy atom. The van der Waals surface area contributed by atoms with E-state index in [9.17, 15) is 4.79 Å². The van der Waals surface area contributed by atoms with Crippen molar-refractivity contribution in [2.75, 3.05) is 26.8 Å². The van der Waals surface area contributed by atoms with Crippen LogP contribution in [0, 0.1) is 6.92 Å². The lowest BCUT2D eigenvalue weighted by molar-refractivity contribution is -0.120. The Balaban J connectivity index is 1.90. The lowest BCUT2D eigenvalue weighted by Crippen LogP contribution is -2.34. The number of hydrogen-bond acceptors (Lipinski definition) is 4. The fourth-order valence-corrected chi connectivity index (χ4v) is 2.19. The first-order valence-electron chi connectivity index (χ1n) is 7.98. The summed E-state index contributed by atoms with van der Waals surface area (Å²) in [5, 5.41) is 5.91. The maximum absolute atomic E-state index is 11.8. The molecule has 2 N–H and O–H groups in total. The molecule has 24 heavy (non-hydrogen) atoms. The predicted molar refractivity (Wildman–Crippen MR) is 94.3 cm³/mol. The van der Waals surface area contributed by atoms with Crippen LogP contribution in [0.1, 0.15) is 11.1 Å². The van der Waals surface area contributed by atoms with Crippen LogP contribution >= 0.6 is 0 Å². The van der Waals surface area contributed by atoms with Crippen LogP contribution in [-0.4, -0.2) is 32.7 Å². The van der Waals surface area contributed by atoms with Gasteiger partial charge in [0.1, 0.15) is 11.5 Å². The summed E-state index contributed by atoms with van der Waals surface area (Å²) in [5.74, 6) is 1.47. The van der Waals surface area contributed by atoms with E-state index in [1.807, 2.05) is 55.5 Å². The minimum absolute atomic E-state index is 0.0588. The van der Waals surface area contributed by atoms with Gasteiger partial charge in [-0.25, -0.2) is 0 Å². The molecule has 0 saturated carbocycles. The van der Waals surface area contributed by atoms with Crippen molar-refractivity contribution in [3.8, 4) is 11.5 Å². The van der Waals surface area contributed by atoms with Crippen LogP contribution in [0.25, 0.3) is 0 Å². The number of ether oxygens (including phenoxy) is 2. The molecule has 0 heterocycles. The van der Waals surface area contributed by atoms with Crippen LogP contribution in [0.15, 0.2) is 48.5 Å². The van der Waals surface area contributed by atoms with Gasteiger partial charge in [0.25, 0.3) is 0 Å². The third-order valence-corrected chi connectivity index (χ3v) is 3.43. The Labute approximate surface area is 143 Å². The van der Waals surface area contributed by atoms with Gasteiger partial charge in [-0.2, -0.15) is 0 Å². The van der Waals surface area contributed by atoms with E-state index in [0.717, 1.165) is 22.6 Å². The number of para-hydroxylation sites is 1. The molecule has 0 atom stereocenters. The van der Waals surface area contributed by atoms with Gasteiger partial charge in [-0.05, 0) is 30.7 Å². The summed E-state index contributed by atoms with van der Waals surface area (Å²) < 4.78 is 10.9. The highest BCUT2D eigenvalue weighted by Gasteiger charge is 2.07. The van der Waals surface area contributed by atoms with Crippen LogP contribution in [0.5, 0.6) is 11.5 Å². The summed E-state index contributed by atoms with van der Waals surface area (Å²) in [6, 6.07) is 15.6. The lowest BCUT2D eigenvalue weighted by atomic mass is 10.2. The number of hydrogen-bond donors (Lipinski definition) is 2. The second kappa shape index (κ2) is 9.70. The van der Waals surface area contributed by atoms with Crippen molar-refractivity contribution in [3.05, 3.63) is 59.7 Å². The molecule has 1 amide bonds. The van der Waals surface area contributed by atoms with Crippen molar-refractivity contribution >= 4 is 5.91 Å². The zero-order valence-corrected chi connectivity index (χ0v) is 14.2. The van der Waals surface area contributed by atoms with Crippen LogP contribution in [0.3, 0.4) is 0 Å². The van der Waals surface area contributed by atoms with Crippen LogP contribution in [0.4, 0.5) is 0 Å². The van der Waals surface area contributed by atoms with E-state index in [1.165, 1.54) is 0 Å². The smallest absolute Gasteiger partial charge is 0.234 e. The molecular formula is C19H24N2O3. The van der Waals surface area contributed by atoms with E-state index in [1.54, 1.807) is 7.11 Å². The molecule has 0 spiro atoms. The largest absolute Gasteiger partial charge is 0.457 e. The molecular weight excluding hydrogens is 304 g/mol. The number of methoxy groups -OCH3 is 1. The Hall–Kier alpha value is -2.37. The van der Waals surface area contributed by atoms with Gasteiger partial charge in [0.15, 0.2) is 0 Å². The van der Waals surface area contributed by atoms with Crippen molar-refractivity contribution in [3.63, 3.8) is 0 Å². The van der Waals surface area contributed by atoms with E-state index in [-0.39, 0.29) is 12.5 Å². The van der Waals surface area contributed by atoms with Crippen LogP contribution in [-0.2, 0) is 16.1 Å². The summed E-state index contributed by atoms with van der Waals surface area (Å²) in [6.45, 7) is 3.95. The first-order valence-corrected chi connectivity index (χ1v) is 7.98. The molecule has 0 aliphatic heterocycles. The fourth-order valence-electron chi connectivity index (χ4n) is 2.19. The van der Waals surface area contributed by atoms with Crippen molar-refractivity contribution < 1.29 is 14.3 Å². The summed E-state index contributed by atoms with van der Waals surface area (Å²) >= 11 is 0. The first-order chi connectivity index (χ1) is 11.7. The van der Waals surface area contributed by atoms with Crippen molar-refractivity contribution in [1.82, 2.24) is 10.6 Å². The number of nitrogens with one attached hydrogen (secondary N) is 2. The van der Waals surface area contributed by atoms with E-state index < -0.39 is 0 Å². The van der Waals surface area contributed by atoms with Crippen LogP contribution in [0.2, 0.25) is 0 Å². The van der Waals surface area contributed by atoms with E-state index >= 15 is 0 Å². The molecule has 5 heteroatoms. The molecule has 0 bridgehead atoms. The second-order valence-electron chi connectivity index (χ2n) is 5.47. The Bertz CT molecular complexity index is 659. The molecule has 0 radical (unpaired) electrons. The fraction of sp³-hybridized carbons (Fsp3) is 0.316. The van der Waals surface area contributed by atoms with Gasteiger partial charge in [0.2, 0.25) is 5.91 Å². The van der Waals surface area contributed by atoms with E-state index in [2.05, 4.69) is 10.6 Å². The van der Waals surface area contributed by atoms with Gasteiger partial charge < -0.3 is 20.1 Å². The number of amides is 1. The minimum atomic E-state index is -0.0588. The SMILES string of the molecule is COCCNCC(=O)NCc1ccccc1Oc1cccc(C)c1. The van der Waals surface area contributed by atoms with Gasteiger partial charge in [0.05, 0.1) is 13.2 Å². The maximum Gasteiger partial charge on any atom is 0.234 e. The number of aryl methyl sites for hydroxylation is 1. The zero-order chi connectivity index (χ0) is 17.2. The molecule has 128 valence electrons. The van der Waals surface area contributed by atoms with Gasteiger partial charge in [-0.15, -0.1) is 0 Å². The standard InChI is InChI=1S/C19H24N2O3/c1-15-6-5-8-17(12-15)24-18-9-4-3-7-16(18)13-21-19(22)14-20-10-11-23-2/h3-9,12,20H,10-11,13-14H2,1-2H3,(H,21,22). The van der Waals surface area contributed by atoms with Crippen molar-refractivity contribution in [2.45, 2.75) is 13.5 Å². The highest BCUT2D eigenvalue weighted by atomic mass is 16.5. The molecule has 2 aromatic carbocycles. The average Bonchev–Trinajstić information content (AvgIpc) is 2.58. The van der Waals surface area contributed by atoms with Gasteiger partial charge in [-0.3, -0.25) is 4.79 Å². The lowest BCUT2D eigenvalue weighted by Gasteiger charge is -2.12. The molecule has 0 fully saturated rings. The number of rotatable bonds is 9. The molecule has 0 saturated heterocycles. The third kappa shape index (κ3) is 6.02. The zero-order valence-electron chi connectivity index (χ0n) is 14.2. The Morgan fingerprint density at radius 3 is 2.75 bits per heavy atom. The third-order valence-electron chi connectivity index (χ3n) is 3.43.